The van der Waals surface area contributed by atoms with E-state index in [1.807, 2.05) is 30.3 Å². The summed E-state index contributed by atoms with van der Waals surface area (Å²) in [6, 6.07) is 13.6. The van der Waals surface area contributed by atoms with Gasteiger partial charge in [-0.15, -0.1) is 0 Å². The summed E-state index contributed by atoms with van der Waals surface area (Å²) in [5.41, 5.74) is 3.07. The monoisotopic (exact) mass is 409 g/mol. The van der Waals surface area contributed by atoms with Crippen molar-refractivity contribution in [2.75, 3.05) is 0 Å². The van der Waals surface area contributed by atoms with Crippen LogP contribution in [0.2, 0.25) is 0 Å². The van der Waals surface area contributed by atoms with Gasteiger partial charge in [0.1, 0.15) is 11.6 Å². The predicted molar refractivity (Wildman–Crippen MR) is 94.3 cm³/mol. The maximum absolute atomic E-state index is 14.2. The molecule has 1 nitrogen and oxygen atoms in total. The molecule has 0 amide bonds. The minimum Gasteiger partial charge on any atom is -0.358 e. The average Bonchev–Trinajstić information content (AvgIpc) is 2.51. The molecule has 1 aliphatic rings. The van der Waals surface area contributed by atoms with Crippen LogP contribution in [0.3, 0.4) is 0 Å². The summed E-state index contributed by atoms with van der Waals surface area (Å²) >= 11 is 2.29. The molecule has 0 aromatic heterocycles. The molecule has 112 valence electrons. The molecule has 0 spiro atoms. The molecule has 4 heteroatoms. The van der Waals surface area contributed by atoms with Crippen molar-refractivity contribution < 1.29 is 8.78 Å². The van der Waals surface area contributed by atoms with Crippen molar-refractivity contribution in [3.8, 4) is 0 Å². The van der Waals surface area contributed by atoms with Gasteiger partial charge in [0.25, 0.3) is 0 Å². The molecule has 0 fully saturated rings. The number of benzene rings is 2. The third-order valence-electron chi connectivity index (χ3n) is 3.68. The van der Waals surface area contributed by atoms with Gasteiger partial charge in [0, 0.05) is 5.70 Å². The minimum absolute atomic E-state index is 0.0224. The highest BCUT2D eigenvalue weighted by Gasteiger charge is 2.26. The summed E-state index contributed by atoms with van der Waals surface area (Å²) < 4.78 is 28.6. The molecule has 0 saturated heterocycles. The normalized spacial score (nSPS) is 18.3. The molecular formula is C18H14F2IN. The third kappa shape index (κ3) is 2.79. The lowest BCUT2D eigenvalue weighted by atomic mass is 9.91. The number of hydrogen-bond acceptors (Lipinski definition) is 1. The highest BCUT2D eigenvalue weighted by Crippen LogP contribution is 2.38. The summed E-state index contributed by atoms with van der Waals surface area (Å²) in [5, 5.41) is 3.11. The lowest BCUT2D eigenvalue weighted by molar-refractivity contribution is 0.574. The largest absolute Gasteiger partial charge is 0.358 e. The summed E-state index contributed by atoms with van der Waals surface area (Å²) in [7, 11) is 0. The average molecular weight is 409 g/mol. The summed E-state index contributed by atoms with van der Waals surface area (Å²) in [5.74, 6) is -1.15. The highest BCUT2D eigenvalue weighted by molar-refractivity contribution is 14.1. The van der Waals surface area contributed by atoms with E-state index in [4.69, 9.17) is 0 Å². The van der Waals surface area contributed by atoms with Crippen molar-refractivity contribution in [2.24, 2.45) is 0 Å². The molecule has 0 saturated carbocycles. The summed E-state index contributed by atoms with van der Waals surface area (Å²) in [4.78, 5) is 0. The van der Waals surface area contributed by atoms with E-state index in [2.05, 4.69) is 34.5 Å². The fourth-order valence-corrected chi connectivity index (χ4v) is 3.17. The van der Waals surface area contributed by atoms with Gasteiger partial charge in [-0.25, -0.2) is 8.78 Å². The first-order chi connectivity index (χ1) is 10.6. The van der Waals surface area contributed by atoms with Crippen molar-refractivity contribution >= 4 is 33.9 Å². The second-order valence-electron chi connectivity index (χ2n) is 5.14. The SMILES string of the molecule is C=C1NC(c2c(F)cccc2F)=C(c2ccccc2)CC1I. The van der Waals surface area contributed by atoms with Crippen LogP contribution < -0.4 is 5.32 Å². The first-order valence-corrected chi connectivity index (χ1v) is 8.15. The maximum Gasteiger partial charge on any atom is 0.135 e. The first-order valence-electron chi connectivity index (χ1n) is 6.90. The van der Waals surface area contributed by atoms with Gasteiger partial charge in [0.2, 0.25) is 0 Å². The number of hydrogen-bond donors (Lipinski definition) is 1. The molecule has 1 unspecified atom stereocenters. The van der Waals surface area contributed by atoms with Crippen LogP contribution in [-0.4, -0.2) is 3.92 Å². The maximum atomic E-state index is 14.2. The highest BCUT2D eigenvalue weighted by atomic mass is 127. The number of alkyl halides is 1. The van der Waals surface area contributed by atoms with Gasteiger partial charge in [-0.1, -0.05) is 65.6 Å². The van der Waals surface area contributed by atoms with Crippen LogP contribution in [0.1, 0.15) is 17.5 Å². The Balaban J connectivity index is 2.24. The molecule has 2 aromatic rings. The molecule has 1 aliphatic heterocycles. The van der Waals surface area contributed by atoms with Crippen LogP contribution in [-0.2, 0) is 0 Å². The van der Waals surface area contributed by atoms with E-state index in [0.717, 1.165) is 16.8 Å². The van der Waals surface area contributed by atoms with Crippen molar-refractivity contribution in [3.63, 3.8) is 0 Å². The second kappa shape index (κ2) is 6.20. The van der Waals surface area contributed by atoms with Gasteiger partial charge in [-0.05, 0) is 29.7 Å². The molecule has 0 bridgehead atoms. The van der Waals surface area contributed by atoms with Gasteiger partial charge >= 0.3 is 0 Å². The summed E-state index contributed by atoms with van der Waals surface area (Å²) in [6.07, 6.45) is 0.680. The summed E-state index contributed by atoms with van der Waals surface area (Å²) in [6.45, 7) is 3.96. The zero-order valence-electron chi connectivity index (χ0n) is 11.7. The Hall–Kier alpha value is -1.69. The van der Waals surface area contributed by atoms with Crippen molar-refractivity contribution in [1.29, 1.82) is 0 Å². The van der Waals surface area contributed by atoms with E-state index >= 15 is 0 Å². The van der Waals surface area contributed by atoms with Crippen LogP contribution in [0.4, 0.5) is 8.78 Å². The number of halogens is 3. The number of rotatable bonds is 2. The van der Waals surface area contributed by atoms with Gasteiger partial charge < -0.3 is 5.32 Å². The molecule has 22 heavy (non-hydrogen) atoms. The third-order valence-corrected chi connectivity index (χ3v) is 4.88. The standard InChI is InChI=1S/C18H14F2IN/c1-11-16(21)10-13(12-6-3-2-4-7-12)18(22-11)17-14(19)8-5-9-15(17)20/h2-9,16,22H,1,10H2. The first kappa shape index (κ1) is 15.2. The second-order valence-corrected chi connectivity index (χ2v) is 6.64. The van der Waals surface area contributed by atoms with Crippen molar-refractivity contribution in [2.45, 2.75) is 10.3 Å². The van der Waals surface area contributed by atoms with Crippen LogP contribution in [0.15, 0.2) is 60.8 Å². The topological polar surface area (TPSA) is 12.0 Å². The van der Waals surface area contributed by atoms with Gasteiger partial charge in [0.05, 0.1) is 15.2 Å². The number of nitrogens with one attached hydrogen (secondary N) is 1. The molecule has 1 heterocycles. The van der Waals surface area contributed by atoms with Crippen molar-refractivity contribution in [3.05, 3.63) is 83.6 Å². The van der Waals surface area contributed by atoms with Gasteiger partial charge in [-0.2, -0.15) is 0 Å². The molecule has 3 rings (SSSR count). The molecule has 1 atom stereocenters. The Labute approximate surface area is 141 Å². The van der Waals surface area contributed by atoms with E-state index in [0.29, 0.717) is 12.1 Å². The molecule has 0 radical (unpaired) electrons. The van der Waals surface area contributed by atoms with E-state index < -0.39 is 11.6 Å². The van der Waals surface area contributed by atoms with Crippen LogP contribution in [0, 0.1) is 11.6 Å². The van der Waals surface area contributed by atoms with Gasteiger partial charge in [-0.3, -0.25) is 0 Å². The molecule has 2 aromatic carbocycles. The molecule has 1 N–H and O–H groups in total. The number of allylic oxidation sites excluding steroid dienone is 2. The Morgan fingerprint density at radius 3 is 2.27 bits per heavy atom. The van der Waals surface area contributed by atoms with Gasteiger partial charge in [0.15, 0.2) is 0 Å². The van der Waals surface area contributed by atoms with E-state index in [9.17, 15) is 8.78 Å². The molecule has 0 aliphatic carbocycles. The van der Waals surface area contributed by atoms with Crippen molar-refractivity contribution in [1.82, 2.24) is 5.32 Å². The van der Waals surface area contributed by atoms with E-state index in [1.54, 1.807) is 0 Å². The van der Waals surface area contributed by atoms with E-state index in [1.165, 1.54) is 18.2 Å². The van der Waals surface area contributed by atoms with E-state index in [-0.39, 0.29) is 9.49 Å². The fraction of sp³-hybridized carbons (Fsp3) is 0.111. The fourth-order valence-electron chi connectivity index (χ4n) is 2.57. The quantitative estimate of drug-likeness (QED) is 0.535. The Morgan fingerprint density at radius 2 is 1.64 bits per heavy atom. The van der Waals surface area contributed by atoms with Crippen LogP contribution >= 0.6 is 22.6 Å². The van der Waals surface area contributed by atoms with Crippen LogP contribution in [0.5, 0.6) is 0 Å². The minimum atomic E-state index is -0.573. The Morgan fingerprint density at radius 1 is 1.00 bits per heavy atom. The zero-order chi connectivity index (χ0) is 15.7. The predicted octanol–water partition coefficient (Wildman–Crippen LogP) is 5.14. The Bertz CT molecular complexity index is 733. The lowest BCUT2D eigenvalue weighted by Gasteiger charge is -2.28. The Kier molecular flexibility index (Phi) is 4.29. The molecular weight excluding hydrogens is 395 g/mol. The lowest BCUT2D eigenvalue weighted by Crippen LogP contribution is -2.26. The zero-order valence-corrected chi connectivity index (χ0v) is 13.9. The smallest absolute Gasteiger partial charge is 0.135 e. The van der Waals surface area contributed by atoms with Crippen LogP contribution in [0.25, 0.3) is 11.3 Å².